The second-order valence-corrected chi connectivity index (χ2v) is 6.41. The molecule has 1 aromatic heterocycles. The zero-order valence-electron chi connectivity index (χ0n) is 16.6. The van der Waals surface area contributed by atoms with Gasteiger partial charge in [-0.05, 0) is 31.9 Å². The largest absolute Gasteiger partial charge is 0.450 e. The first-order valence-corrected chi connectivity index (χ1v) is 9.05. The number of pyridine rings is 1. The Morgan fingerprint density at radius 1 is 1.37 bits per heavy atom. The molecule has 9 heteroatoms. The van der Waals surface area contributed by atoms with E-state index in [4.69, 9.17) is 4.74 Å². The van der Waals surface area contributed by atoms with E-state index in [0.29, 0.717) is 26.2 Å². The summed E-state index contributed by atoms with van der Waals surface area (Å²) in [5.41, 5.74) is 0.955. The van der Waals surface area contributed by atoms with Crippen molar-refractivity contribution in [1.29, 1.82) is 0 Å². The van der Waals surface area contributed by atoms with Gasteiger partial charge in [0.05, 0.1) is 18.8 Å². The van der Waals surface area contributed by atoms with Crippen molar-refractivity contribution in [3.8, 4) is 0 Å². The minimum atomic E-state index is -0.222. The number of hydrogen-bond acceptors (Lipinski definition) is 5. The average molecular weight is 490 g/mol. The molecule has 0 radical (unpaired) electrons. The van der Waals surface area contributed by atoms with Crippen molar-refractivity contribution in [3.05, 3.63) is 23.9 Å². The van der Waals surface area contributed by atoms with Crippen molar-refractivity contribution < 1.29 is 9.53 Å². The number of anilines is 1. The number of nitrogens with zero attached hydrogens (tertiary/aromatic N) is 4. The van der Waals surface area contributed by atoms with Gasteiger partial charge in [0.2, 0.25) is 0 Å². The van der Waals surface area contributed by atoms with Gasteiger partial charge >= 0.3 is 6.09 Å². The van der Waals surface area contributed by atoms with Gasteiger partial charge in [-0.1, -0.05) is 6.07 Å². The van der Waals surface area contributed by atoms with E-state index in [0.717, 1.165) is 30.3 Å². The maximum atomic E-state index is 11.8. The summed E-state index contributed by atoms with van der Waals surface area (Å²) >= 11 is 0. The molecule has 0 atom stereocenters. The first kappa shape index (κ1) is 23.3. The predicted octanol–water partition coefficient (Wildman–Crippen LogP) is 2.05. The number of aliphatic imine (C=N–C) groups is 1. The predicted molar refractivity (Wildman–Crippen MR) is 119 cm³/mol. The number of ether oxygens (including phenoxy) is 1. The third-order valence-corrected chi connectivity index (χ3v) is 4.27. The molecule has 1 fully saturated rings. The number of halogens is 1. The standard InChI is InChI=1S/C18H30N6O2.HI/c1-5-26-18(25)24-11-9-14(10-12-24)22-17(19-2)20-13-15-7-6-8-16(21-15)23(3)4;/h6-8,14H,5,9-13H2,1-4H3,(H2,19,20,22);1H. The van der Waals surface area contributed by atoms with Crippen molar-refractivity contribution >= 4 is 41.8 Å². The van der Waals surface area contributed by atoms with Gasteiger partial charge in [0.15, 0.2) is 5.96 Å². The molecular weight excluding hydrogens is 459 g/mol. The highest BCUT2D eigenvalue weighted by molar-refractivity contribution is 14.0. The lowest BCUT2D eigenvalue weighted by atomic mass is 10.1. The Morgan fingerprint density at radius 3 is 2.67 bits per heavy atom. The number of piperidine rings is 1. The number of guanidine groups is 1. The van der Waals surface area contributed by atoms with Crippen LogP contribution in [0, 0.1) is 0 Å². The molecule has 1 aliphatic rings. The normalized spacial score (nSPS) is 15.0. The van der Waals surface area contributed by atoms with E-state index in [9.17, 15) is 4.79 Å². The Balaban J connectivity index is 0.00000364. The summed E-state index contributed by atoms with van der Waals surface area (Å²) < 4.78 is 5.05. The number of carbonyl (C=O) groups is 1. The van der Waals surface area contributed by atoms with Crippen molar-refractivity contribution in [2.24, 2.45) is 4.99 Å². The van der Waals surface area contributed by atoms with E-state index in [1.165, 1.54) is 0 Å². The van der Waals surface area contributed by atoms with Crippen LogP contribution in [0.15, 0.2) is 23.2 Å². The molecule has 0 unspecified atom stereocenters. The summed E-state index contributed by atoms with van der Waals surface area (Å²) in [5, 5.41) is 6.73. The van der Waals surface area contributed by atoms with Crippen LogP contribution in [0.1, 0.15) is 25.5 Å². The molecular formula is C18H31IN6O2. The van der Waals surface area contributed by atoms with Crippen molar-refractivity contribution in [2.45, 2.75) is 32.4 Å². The fraction of sp³-hybridized carbons (Fsp3) is 0.611. The monoisotopic (exact) mass is 490 g/mol. The molecule has 0 spiro atoms. The Morgan fingerprint density at radius 2 is 2.07 bits per heavy atom. The molecule has 2 rings (SSSR count). The molecule has 27 heavy (non-hydrogen) atoms. The van der Waals surface area contributed by atoms with Crippen LogP contribution in [0.2, 0.25) is 0 Å². The van der Waals surface area contributed by atoms with Crippen LogP contribution in [-0.4, -0.2) is 68.8 Å². The third kappa shape index (κ3) is 7.39. The molecule has 8 nitrogen and oxygen atoms in total. The van der Waals surface area contributed by atoms with E-state index in [2.05, 4.69) is 20.6 Å². The maximum Gasteiger partial charge on any atom is 0.409 e. The number of rotatable bonds is 5. The smallest absolute Gasteiger partial charge is 0.409 e. The van der Waals surface area contributed by atoms with Crippen LogP contribution >= 0.6 is 24.0 Å². The van der Waals surface area contributed by atoms with E-state index in [-0.39, 0.29) is 36.1 Å². The van der Waals surface area contributed by atoms with Crippen molar-refractivity contribution in [1.82, 2.24) is 20.5 Å². The van der Waals surface area contributed by atoms with Gasteiger partial charge in [-0.15, -0.1) is 24.0 Å². The fourth-order valence-corrected chi connectivity index (χ4v) is 2.80. The lowest BCUT2D eigenvalue weighted by Gasteiger charge is -2.32. The van der Waals surface area contributed by atoms with E-state index in [1.54, 1.807) is 11.9 Å². The van der Waals surface area contributed by atoms with Gasteiger partial charge in [-0.2, -0.15) is 0 Å². The van der Waals surface area contributed by atoms with Crippen molar-refractivity contribution in [3.63, 3.8) is 0 Å². The van der Waals surface area contributed by atoms with Gasteiger partial charge in [0.1, 0.15) is 5.82 Å². The third-order valence-electron chi connectivity index (χ3n) is 4.27. The highest BCUT2D eigenvalue weighted by Gasteiger charge is 2.24. The number of amides is 1. The summed E-state index contributed by atoms with van der Waals surface area (Å²) in [6, 6.07) is 6.26. The summed E-state index contributed by atoms with van der Waals surface area (Å²) in [6.07, 6.45) is 1.52. The van der Waals surface area contributed by atoms with Crippen LogP contribution in [-0.2, 0) is 11.3 Å². The number of likely N-dealkylation sites (tertiary alicyclic amines) is 1. The summed E-state index contributed by atoms with van der Waals surface area (Å²) in [7, 11) is 5.71. The van der Waals surface area contributed by atoms with Gasteiger partial charge < -0.3 is 25.2 Å². The molecule has 1 amide bonds. The van der Waals surface area contributed by atoms with E-state index < -0.39 is 0 Å². The average Bonchev–Trinajstić information content (AvgIpc) is 2.66. The first-order chi connectivity index (χ1) is 12.5. The number of carbonyl (C=O) groups excluding carboxylic acids is 1. The highest BCUT2D eigenvalue weighted by Crippen LogP contribution is 2.12. The molecule has 0 aromatic carbocycles. The number of hydrogen-bond donors (Lipinski definition) is 2. The zero-order valence-corrected chi connectivity index (χ0v) is 18.9. The summed E-state index contributed by atoms with van der Waals surface area (Å²) in [6.45, 7) is 4.23. The van der Waals surface area contributed by atoms with Crippen LogP contribution < -0.4 is 15.5 Å². The Bertz CT molecular complexity index is 618. The molecule has 0 bridgehead atoms. The van der Waals surface area contributed by atoms with E-state index in [1.807, 2.05) is 44.1 Å². The molecule has 152 valence electrons. The molecule has 2 N–H and O–H groups in total. The topological polar surface area (TPSA) is 82.1 Å². The second-order valence-electron chi connectivity index (χ2n) is 6.41. The number of nitrogens with one attached hydrogen (secondary N) is 2. The molecule has 0 saturated carbocycles. The number of aromatic nitrogens is 1. The Hall–Kier alpha value is -1.78. The minimum absolute atomic E-state index is 0. The fourth-order valence-electron chi connectivity index (χ4n) is 2.80. The van der Waals surface area contributed by atoms with Crippen LogP contribution in [0.4, 0.5) is 10.6 Å². The van der Waals surface area contributed by atoms with Gasteiger partial charge in [0.25, 0.3) is 0 Å². The van der Waals surface area contributed by atoms with Crippen molar-refractivity contribution in [2.75, 3.05) is 45.7 Å². The molecule has 2 heterocycles. The minimum Gasteiger partial charge on any atom is -0.450 e. The van der Waals surface area contributed by atoms with Crippen LogP contribution in [0.25, 0.3) is 0 Å². The highest BCUT2D eigenvalue weighted by atomic mass is 127. The first-order valence-electron chi connectivity index (χ1n) is 9.05. The summed E-state index contributed by atoms with van der Waals surface area (Å²) in [5.74, 6) is 1.68. The molecule has 1 saturated heterocycles. The molecule has 0 aliphatic carbocycles. The van der Waals surface area contributed by atoms with Gasteiger partial charge in [-0.25, -0.2) is 9.78 Å². The van der Waals surface area contributed by atoms with Crippen LogP contribution in [0.3, 0.4) is 0 Å². The Labute approximate surface area is 178 Å². The van der Waals surface area contributed by atoms with Crippen LogP contribution in [0.5, 0.6) is 0 Å². The molecule has 1 aromatic rings. The lowest BCUT2D eigenvalue weighted by molar-refractivity contribution is 0.0963. The van der Waals surface area contributed by atoms with Gasteiger partial charge in [0, 0.05) is 40.3 Å². The lowest BCUT2D eigenvalue weighted by Crippen LogP contribution is -2.49. The Kier molecular flexibility index (Phi) is 10.2. The van der Waals surface area contributed by atoms with Gasteiger partial charge in [-0.3, -0.25) is 4.99 Å². The summed E-state index contributed by atoms with van der Waals surface area (Å²) in [4.78, 5) is 24.4. The zero-order chi connectivity index (χ0) is 18.9. The SMILES string of the molecule is CCOC(=O)N1CCC(NC(=NC)NCc2cccc(N(C)C)n2)CC1.I. The quantitative estimate of drug-likeness (QED) is 0.374. The maximum absolute atomic E-state index is 11.8. The van der Waals surface area contributed by atoms with E-state index >= 15 is 0 Å². The second kappa shape index (κ2) is 11.8. The molecule has 1 aliphatic heterocycles.